The fourth-order valence-electron chi connectivity index (χ4n) is 1.62. The summed E-state index contributed by atoms with van der Waals surface area (Å²) in [5, 5.41) is 8.69. The Morgan fingerprint density at radius 2 is 2.20 bits per heavy atom. The minimum absolute atomic E-state index is 0.109. The number of carboxylic acids is 1. The van der Waals surface area contributed by atoms with Gasteiger partial charge >= 0.3 is 5.97 Å². The Hall–Kier alpha value is -2.22. The van der Waals surface area contributed by atoms with Crippen LogP contribution in [0.3, 0.4) is 0 Å². The van der Waals surface area contributed by atoms with Gasteiger partial charge in [0, 0.05) is 5.56 Å². The molecule has 0 aliphatic rings. The van der Waals surface area contributed by atoms with Crippen LogP contribution in [0.15, 0.2) is 27.5 Å². The predicted octanol–water partition coefficient (Wildman–Crippen LogP) is 1.55. The van der Waals surface area contributed by atoms with Crippen molar-refractivity contribution >= 4 is 27.7 Å². The number of aromatic amines is 1. The van der Waals surface area contributed by atoms with Gasteiger partial charge in [-0.1, -0.05) is 0 Å². The van der Waals surface area contributed by atoms with Gasteiger partial charge in [0.2, 0.25) is 0 Å². The highest BCUT2D eigenvalue weighted by molar-refractivity contribution is 9.10. The summed E-state index contributed by atoms with van der Waals surface area (Å²) in [5.74, 6) is -1.65. The molecule has 0 amide bonds. The number of H-pyrrole nitrogens is 1. The summed E-state index contributed by atoms with van der Waals surface area (Å²) >= 11 is 3.02. The molecule has 0 atom stereocenters. The van der Waals surface area contributed by atoms with Gasteiger partial charge in [-0.05, 0) is 34.1 Å². The van der Waals surface area contributed by atoms with E-state index in [1.165, 1.54) is 18.2 Å². The normalized spacial score (nSPS) is 10.5. The van der Waals surface area contributed by atoms with Gasteiger partial charge in [-0.2, -0.15) is 0 Å². The molecule has 0 saturated carbocycles. The first-order chi connectivity index (χ1) is 9.38. The third kappa shape index (κ3) is 2.85. The number of nitrogen functional groups attached to an aromatic ring is 1. The van der Waals surface area contributed by atoms with Crippen LogP contribution in [0.1, 0.15) is 5.56 Å². The predicted molar refractivity (Wildman–Crippen MR) is 73.7 cm³/mol. The highest BCUT2D eigenvalue weighted by Crippen LogP contribution is 2.23. The molecule has 4 N–H and O–H groups in total. The number of carbonyl (C=O) groups is 1. The van der Waals surface area contributed by atoms with Crippen LogP contribution in [0, 0.1) is 5.82 Å². The maximum absolute atomic E-state index is 13.2. The summed E-state index contributed by atoms with van der Waals surface area (Å²) in [5.41, 5.74) is 5.31. The number of rotatable bonds is 3. The Morgan fingerprint density at radius 3 is 2.75 bits per heavy atom. The molecular formula is C12H9BrFN3O3. The molecule has 1 aromatic carbocycles. The van der Waals surface area contributed by atoms with E-state index >= 15 is 0 Å². The van der Waals surface area contributed by atoms with Crippen LogP contribution in [0.25, 0.3) is 11.4 Å². The van der Waals surface area contributed by atoms with Crippen LogP contribution in [-0.2, 0) is 11.2 Å². The number of aliphatic carboxylic acids is 1. The van der Waals surface area contributed by atoms with Crippen molar-refractivity contribution < 1.29 is 14.3 Å². The number of nitrogens with two attached hydrogens (primary N) is 1. The standard InChI is InChI=1S/C12H9BrFN3O3/c13-7-3-5(1-2-8(7)14)11-16-10(15)6(4-9(18)19)12(20)17-11/h1-3H,4H2,(H,18,19)(H3,15,16,17,20). The molecule has 0 saturated heterocycles. The van der Waals surface area contributed by atoms with Crippen molar-refractivity contribution in [1.82, 2.24) is 9.97 Å². The molecule has 2 aromatic rings. The molecule has 0 bridgehead atoms. The molecule has 2 rings (SSSR count). The summed E-state index contributed by atoms with van der Waals surface area (Å²) in [6.45, 7) is 0. The highest BCUT2D eigenvalue weighted by Gasteiger charge is 2.14. The van der Waals surface area contributed by atoms with Gasteiger partial charge in [0.1, 0.15) is 17.5 Å². The van der Waals surface area contributed by atoms with Crippen LogP contribution in [0.5, 0.6) is 0 Å². The van der Waals surface area contributed by atoms with Crippen molar-refractivity contribution in [3.63, 3.8) is 0 Å². The molecule has 1 heterocycles. The number of hydrogen-bond acceptors (Lipinski definition) is 4. The second-order valence-electron chi connectivity index (χ2n) is 3.98. The van der Waals surface area contributed by atoms with Gasteiger partial charge in [0.05, 0.1) is 16.5 Å². The molecule has 0 fully saturated rings. The Balaban J connectivity index is 2.52. The fourth-order valence-corrected chi connectivity index (χ4v) is 2.00. The zero-order valence-electron chi connectivity index (χ0n) is 9.98. The SMILES string of the molecule is Nc1nc(-c2ccc(F)c(Br)c2)[nH]c(=O)c1CC(=O)O. The largest absolute Gasteiger partial charge is 0.481 e. The summed E-state index contributed by atoms with van der Waals surface area (Å²) in [6.07, 6.45) is -0.512. The molecule has 20 heavy (non-hydrogen) atoms. The van der Waals surface area contributed by atoms with E-state index in [0.29, 0.717) is 5.56 Å². The van der Waals surface area contributed by atoms with E-state index in [1.807, 2.05) is 0 Å². The fraction of sp³-hybridized carbons (Fsp3) is 0.0833. The molecule has 0 unspecified atom stereocenters. The quantitative estimate of drug-likeness (QED) is 0.784. The minimum Gasteiger partial charge on any atom is -0.481 e. The van der Waals surface area contributed by atoms with Crippen LogP contribution in [0.4, 0.5) is 10.2 Å². The third-order valence-electron chi connectivity index (χ3n) is 2.57. The summed E-state index contributed by atoms with van der Waals surface area (Å²) in [4.78, 5) is 28.8. The van der Waals surface area contributed by atoms with E-state index in [0.717, 1.165) is 0 Å². The molecule has 6 nitrogen and oxygen atoms in total. The molecule has 0 spiro atoms. The first kappa shape index (κ1) is 14.2. The van der Waals surface area contributed by atoms with E-state index in [-0.39, 0.29) is 21.7 Å². The lowest BCUT2D eigenvalue weighted by atomic mass is 10.2. The monoisotopic (exact) mass is 341 g/mol. The second kappa shape index (κ2) is 5.41. The summed E-state index contributed by atoms with van der Waals surface area (Å²) < 4.78 is 13.4. The van der Waals surface area contributed by atoms with E-state index in [2.05, 4.69) is 25.9 Å². The highest BCUT2D eigenvalue weighted by atomic mass is 79.9. The van der Waals surface area contributed by atoms with Crippen LogP contribution in [-0.4, -0.2) is 21.0 Å². The molecule has 104 valence electrons. The van der Waals surface area contributed by atoms with Crippen molar-refractivity contribution in [2.24, 2.45) is 0 Å². The second-order valence-corrected chi connectivity index (χ2v) is 4.83. The number of aromatic nitrogens is 2. The van der Waals surface area contributed by atoms with Gasteiger partial charge in [-0.15, -0.1) is 0 Å². The van der Waals surface area contributed by atoms with Gasteiger partial charge < -0.3 is 15.8 Å². The lowest BCUT2D eigenvalue weighted by Crippen LogP contribution is -2.21. The smallest absolute Gasteiger partial charge is 0.308 e. The van der Waals surface area contributed by atoms with E-state index in [9.17, 15) is 14.0 Å². The first-order valence-corrected chi connectivity index (χ1v) is 6.23. The number of nitrogens with one attached hydrogen (secondary N) is 1. The van der Waals surface area contributed by atoms with E-state index in [4.69, 9.17) is 10.8 Å². The molecule has 8 heteroatoms. The Bertz CT molecular complexity index is 745. The van der Waals surface area contributed by atoms with Gasteiger partial charge in [0.15, 0.2) is 0 Å². The van der Waals surface area contributed by atoms with Gasteiger partial charge in [-0.25, -0.2) is 9.37 Å². The Kier molecular flexibility index (Phi) is 3.84. The molecule has 0 aliphatic carbocycles. The van der Waals surface area contributed by atoms with Gasteiger partial charge in [-0.3, -0.25) is 9.59 Å². The molecular weight excluding hydrogens is 333 g/mol. The Morgan fingerprint density at radius 1 is 1.50 bits per heavy atom. The zero-order valence-corrected chi connectivity index (χ0v) is 11.6. The lowest BCUT2D eigenvalue weighted by Gasteiger charge is -2.06. The topological polar surface area (TPSA) is 109 Å². The number of carboxylic acid groups (broad SMARTS) is 1. The number of benzene rings is 1. The van der Waals surface area contributed by atoms with Crippen molar-refractivity contribution in [3.8, 4) is 11.4 Å². The number of anilines is 1. The molecule has 1 aromatic heterocycles. The van der Waals surface area contributed by atoms with Gasteiger partial charge in [0.25, 0.3) is 5.56 Å². The maximum Gasteiger partial charge on any atom is 0.308 e. The molecule has 0 radical (unpaired) electrons. The van der Waals surface area contributed by atoms with Crippen LogP contribution >= 0.6 is 15.9 Å². The first-order valence-electron chi connectivity index (χ1n) is 5.44. The minimum atomic E-state index is -1.18. The lowest BCUT2D eigenvalue weighted by molar-refractivity contribution is -0.136. The maximum atomic E-state index is 13.2. The third-order valence-corrected chi connectivity index (χ3v) is 3.18. The van der Waals surface area contributed by atoms with E-state index < -0.39 is 23.8 Å². The van der Waals surface area contributed by atoms with Crippen LogP contribution in [0.2, 0.25) is 0 Å². The van der Waals surface area contributed by atoms with Crippen molar-refractivity contribution in [2.75, 3.05) is 5.73 Å². The summed E-state index contributed by atoms with van der Waals surface area (Å²) in [7, 11) is 0. The molecule has 0 aliphatic heterocycles. The van der Waals surface area contributed by atoms with Crippen molar-refractivity contribution in [2.45, 2.75) is 6.42 Å². The van der Waals surface area contributed by atoms with Crippen molar-refractivity contribution in [1.29, 1.82) is 0 Å². The summed E-state index contributed by atoms with van der Waals surface area (Å²) in [6, 6.07) is 4.07. The number of hydrogen-bond donors (Lipinski definition) is 3. The average molecular weight is 342 g/mol. The van der Waals surface area contributed by atoms with E-state index in [1.54, 1.807) is 0 Å². The number of nitrogens with zero attached hydrogens (tertiary/aromatic N) is 1. The van der Waals surface area contributed by atoms with Crippen molar-refractivity contribution in [3.05, 3.63) is 44.4 Å². The Labute approximate surface area is 120 Å². The van der Waals surface area contributed by atoms with Crippen LogP contribution < -0.4 is 11.3 Å². The number of halogens is 2. The zero-order chi connectivity index (χ0) is 14.9. The average Bonchev–Trinajstić information content (AvgIpc) is 2.36.